The molecule has 23 heavy (non-hydrogen) atoms. The van der Waals surface area contributed by atoms with E-state index in [0.29, 0.717) is 12.3 Å². The molecule has 0 fully saturated rings. The fourth-order valence-electron chi connectivity index (χ4n) is 1.49. The Morgan fingerprint density at radius 2 is 2.00 bits per heavy atom. The van der Waals surface area contributed by atoms with Gasteiger partial charge in [0.15, 0.2) is 5.15 Å². The first-order valence-electron chi connectivity index (χ1n) is 6.04. The highest BCUT2D eigenvalue weighted by atomic mass is 35.5. The molecular weight excluding hydrogens is 360 g/mol. The smallest absolute Gasteiger partial charge is 0.417 e. The van der Waals surface area contributed by atoms with Gasteiger partial charge in [-0.15, -0.1) is 10.2 Å². The summed E-state index contributed by atoms with van der Waals surface area (Å²) in [6.45, 7) is 1.69. The molecule has 11 heteroatoms. The van der Waals surface area contributed by atoms with E-state index in [2.05, 4.69) is 20.2 Å². The first-order valence-corrected chi connectivity index (χ1v) is 6.80. The Labute approximate surface area is 137 Å². The zero-order valence-electron chi connectivity index (χ0n) is 11.4. The Balaban J connectivity index is 2.40. The van der Waals surface area contributed by atoms with Crippen LogP contribution in [0.4, 0.5) is 13.2 Å². The van der Waals surface area contributed by atoms with Gasteiger partial charge in [0.2, 0.25) is 11.5 Å². The number of hydrogen-bond donors (Lipinski definition) is 0. The molecule has 0 saturated carbocycles. The van der Waals surface area contributed by atoms with Crippen LogP contribution >= 0.6 is 23.2 Å². The van der Waals surface area contributed by atoms with Gasteiger partial charge in [-0.2, -0.15) is 13.2 Å². The number of ether oxygens (including phenoxy) is 1. The number of esters is 1. The van der Waals surface area contributed by atoms with Crippen LogP contribution in [-0.2, 0) is 10.9 Å². The minimum absolute atomic E-state index is 0.102. The van der Waals surface area contributed by atoms with Gasteiger partial charge in [-0.05, 0) is 13.0 Å². The number of aromatic nitrogens is 4. The largest absolute Gasteiger partial charge is 0.461 e. The maximum atomic E-state index is 12.6. The molecule has 0 aliphatic heterocycles. The molecular formula is C12H7Cl2F3N4O2. The number of nitrogens with zero attached hydrogens (tertiary/aromatic N) is 4. The van der Waals surface area contributed by atoms with Crippen LogP contribution in [0.25, 0.3) is 11.5 Å². The fraction of sp³-hybridized carbons (Fsp3) is 0.250. The van der Waals surface area contributed by atoms with Gasteiger partial charge in [-0.25, -0.2) is 9.78 Å². The lowest BCUT2D eigenvalue weighted by Crippen LogP contribution is -2.11. The minimum atomic E-state index is -4.58. The molecule has 2 aromatic heterocycles. The molecule has 0 amide bonds. The lowest BCUT2D eigenvalue weighted by molar-refractivity contribution is -0.137. The van der Waals surface area contributed by atoms with Crippen molar-refractivity contribution in [2.24, 2.45) is 0 Å². The highest BCUT2D eigenvalue weighted by Crippen LogP contribution is 2.33. The van der Waals surface area contributed by atoms with Gasteiger partial charge < -0.3 is 4.74 Å². The highest BCUT2D eigenvalue weighted by Gasteiger charge is 2.32. The average molecular weight is 367 g/mol. The molecule has 0 unspecified atom stereocenters. The summed E-state index contributed by atoms with van der Waals surface area (Å²) in [6.07, 6.45) is -4.00. The van der Waals surface area contributed by atoms with Crippen LogP contribution in [-0.4, -0.2) is 32.7 Å². The molecule has 0 radical (unpaired) electrons. The van der Waals surface area contributed by atoms with Crippen molar-refractivity contribution in [2.75, 3.05) is 6.61 Å². The predicted octanol–water partition coefficient (Wildman–Crippen LogP) is 3.44. The van der Waals surface area contributed by atoms with Gasteiger partial charge in [0, 0.05) is 6.20 Å². The number of pyridine rings is 1. The number of rotatable bonds is 3. The van der Waals surface area contributed by atoms with E-state index < -0.39 is 17.7 Å². The molecule has 0 saturated heterocycles. The summed E-state index contributed by atoms with van der Waals surface area (Å²) in [7, 11) is 0. The van der Waals surface area contributed by atoms with Crippen LogP contribution in [0.2, 0.25) is 10.2 Å². The van der Waals surface area contributed by atoms with Crippen molar-refractivity contribution in [3.05, 3.63) is 33.7 Å². The van der Waals surface area contributed by atoms with E-state index in [-0.39, 0.29) is 34.0 Å². The van der Waals surface area contributed by atoms with Gasteiger partial charge in [0.25, 0.3) is 0 Å². The Hall–Kier alpha value is -2.00. The second-order valence-electron chi connectivity index (χ2n) is 4.05. The monoisotopic (exact) mass is 366 g/mol. The maximum absolute atomic E-state index is 12.6. The van der Waals surface area contributed by atoms with E-state index >= 15 is 0 Å². The van der Waals surface area contributed by atoms with Crippen LogP contribution in [0, 0.1) is 0 Å². The van der Waals surface area contributed by atoms with E-state index in [4.69, 9.17) is 27.9 Å². The van der Waals surface area contributed by atoms with Crippen molar-refractivity contribution < 1.29 is 22.7 Å². The van der Waals surface area contributed by atoms with Gasteiger partial charge in [-0.3, -0.25) is 4.98 Å². The third kappa shape index (κ3) is 3.85. The number of alkyl halides is 3. The summed E-state index contributed by atoms with van der Waals surface area (Å²) in [4.78, 5) is 18.9. The van der Waals surface area contributed by atoms with Crippen LogP contribution in [0.3, 0.4) is 0 Å². The molecule has 0 atom stereocenters. The van der Waals surface area contributed by atoms with Crippen LogP contribution in [0.15, 0.2) is 12.3 Å². The first-order chi connectivity index (χ1) is 10.7. The molecule has 2 rings (SSSR count). The molecule has 0 aromatic carbocycles. The second kappa shape index (κ2) is 6.63. The molecule has 0 N–H and O–H groups in total. The molecule has 0 aliphatic carbocycles. The van der Waals surface area contributed by atoms with Crippen molar-refractivity contribution in [3.63, 3.8) is 0 Å². The Kier molecular flexibility index (Phi) is 5.00. The summed E-state index contributed by atoms with van der Waals surface area (Å²) in [5.74, 6) is -1.04. The highest BCUT2D eigenvalue weighted by molar-refractivity contribution is 6.33. The fourth-order valence-corrected chi connectivity index (χ4v) is 1.94. The van der Waals surface area contributed by atoms with Crippen molar-refractivity contribution in [3.8, 4) is 11.5 Å². The van der Waals surface area contributed by atoms with Crippen LogP contribution in [0.5, 0.6) is 0 Å². The zero-order chi connectivity index (χ0) is 17.2. The lowest BCUT2D eigenvalue weighted by atomic mass is 10.2. The summed E-state index contributed by atoms with van der Waals surface area (Å²) >= 11 is 11.6. The molecule has 0 aliphatic rings. The summed E-state index contributed by atoms with van der Waals surface area (Å²) in [5.41, 5.74) is -1.49. The zero-order valence-corrected chi connectivity index (χ0v) is 12.9. The van der Waals surface area contributed by atoms with Gasteiger partial charge in [0.05, 0.1) is 17.2 Å². The quantitative estimate of drug-likeness (QED) is 0.774. The average Bonchev–Trinajstić information content (AvgIpc) is 2.46. The predicted molar refractivity (Wildman–Crippen MR) is 74.0 cm³/mol. The van der Waals surface area contributed by atoms with Crippen LogP contribution in [0.1, 0.15) is 23.0 Å². The maximum Gasteiger partial charge on any atom is 0.417 e. The molecule has 122 valence electrons. The summed E-state index contributed by atoms with van der Waals surface area (Å²) < 4.78 is 42.4. The number of hydrogen-bond acceptors (Lipinski definition) is 6. The topological polar surface area (TPSA) is 77.9 Å². The van der Waals surface area contributed by atoms with E-state index in [9.17, 15) is 18.0 Å². The SMILES string of the molecule is CCOC(=O)c1nnc(-c2ncc(C(F)(F)F)cc2Cl)nc1Cl. The number of carbonyl (C=O) groups is 1. The van der Waals surface area contributed by atoms with Crippen molar-refractivity contribution in [1.29, 1.82) is 0 Å². The third-order valence-corrected chi connectivity index (χ3v) is 3.04. The van der Waals surface area contributed by atoms with Crippen molar-refractivity contribution >= 4 is 29.2 Å². The van der Waals surface area contributed by atoms with E-state index in [1.807, 2.05) is 0 Å². The Morgan fingerprint density at radius 3 is 2.52 bits per heavy atom. The van der Waals surface area contributed by atoms with Crippen molar-refractivity contribution in [2.45, 2.75) is 13.1 Å². The van der Waals surface area contributed by atoms with Gasteiger partial charge >= 0.3 is 12.1 Å². The lowest BCUT2D eigenvalue weighted by Gasteiger charge is -2.08. The van der Waals surface area contributed by atoms with Crippen LogP contribution < -0.4 is 0 Å². The minimum Gasteiger partial charge on any atom is -0.461 e. The molecule has 6 nitrogen and oxygen atoms in total. The first kappa shape index (κ1) is 17.4. The normalized spacial score (nSPS) is 11.4. The summed E-state index contributed by atoms with van der Waals surface area (Å²) in [6, 6.07) is 0.681. The Bertz CT molecular complexity index is 756. The molecule has 0 bridgehead atoms. The van der Waals surface area contributed by atoms with E-state index in [1.54, 1.807) is 6.92 Å². The molecule has 0 spiro atoms. The second-order valence-corrected chi connectivity index (χ2v) is 4.81. The van der Waals surface area contributed by atoms with Crippen molar-refractivity contribution in [1.82, 2.24) is 20.2 Å². The van der Waals surface area contributed by atoms with Gasteiger partial charge in [0.1, 0.15) is 5.69 Å². The van der Waals surface area contributed by atoms with E-state index in [0.717, 1.165) is 0 Å². The molecule has 2 heterocycles. The Morgan fingerprint density at radius 1 is 1.30 bits per heavy atom. The van der Waals surface area contributed by atoms with Gasteiger partial charge in [-0.1, -0.05) is 23.2 Å². The standard InChI is InChI=1S/C12H7Cl2F3N4O2/c1-2-23-11(22)8-9(14)19-10(21-20-8)7-6(13)3-5(4-18-7)12(15,16)17/h3-4H,2H2,1H3. The van der Waals surface area contributed by atoms with E-state index in [1.165, 1.54) is 0 Å². The molecule has 2 aromatic rings. The number of halogens is 5. The third-order valence-electron chi connectivity index (χ3n) is 2.49. The summed E-state index contributed by atoms with van der Waals surface area (Å²) in [5, 5.41) is 6.48. The number of carbonyl (C=O) groups excluding carboxylic acids is 1.